The topological polar surface area (TPSA) is 32.8 Å². The summed E-state index contributed by atoms with van der Waals surface area (Å²) in [5.41, 5.74) is 1.36. The Balaban J connectivity index is 1.48. The number of ether oxygens (including phenoxy) is 1. The zero-order valence-corrected chi connectivity index (χ0v) is 17.6. The summed E-state index contributed by atoms with van der Waals surface area (Å²) in [6.07, 6.45) is 7.26. The van der Waals surface area contributed by atoms with Crippen LogP contribution in [0.25, 0.3) is 0 Å². The highest BCUT2D eigenvalue weighted by atomic mass is 16.5. The zero-order valence-electron chi connectivity index (χ0n) is 17.6. The molecule has 1 aromatic rings. The van der Waals surface area contributed by atoms with Crippen molar-refractivity contribution in [3.05, 3.63) is 29.8 Å². The number of carbonyl (C=O) groups excluding carboxylic acids is 1. The van der Waals surface area contributed by atoms with Crippen LogP contribution in [-0.4, -0.2) is 55.5 Å². The lowest BCUT2D eigenvalue weighted by molar-refractivity contribution is -0.134. The Morgan fingerprint density at radius 2 is 1.71 bits per heavy atom. The van der Waals surface area contributed by atoms with E-state index in [2.05, 4.69) is 41.0 Å². The van der Waals surface area contributed by atoms with E-state index >= 15 is 0 Å². The molecule has 0 aromatic heterocycles. The second-order valence-electron chi connectivity index (χ2n) is 9.35. The third-order valence-corrected chi connectivity index (χ3v) is 7.37. The van der Waals surface area contributed by atoms with Crippen LogP contribution in [0.1, 0.15) is 56.9 Å². The molecule has 3 fully saturated rings. The third-order valence-electron chi connectivity index (χ3n) is 7.37. The third kappa shape index (κ3) is 4.37. The van der Waals surface area contributed by atoms with E-state index in [0.717, 1.165) is 44.1 Å². The van der Waals surface area contributed by atoms with Crippen molar-refractivity contribution >= 4 is 5.91 Å². The van der Waals surface area contributed by atoms with Gasteiger partial charge in [-0.3, -0.25) is 4.79 Å². The van der Waals surface area contributed by atoms with Crippen molar-refractivity contribution in [2.45, 2.75) is 51.4 Å². The van der Waals surface area contributed by atoms with Crippen molar-refractivity contribution < 1.29 is 9.53 Å². The molecule has 1 aromatic carbocycles. The average molecular weight is 385 g/mol. The first-order valence-electron chi connectivity index (χ1n) is 11.3. The Morgan fingerprint density at radius 1 is 1.04 bits per heavy atom. The van der Waals surface area contributed by atoms with Gasteiger partial charge in [-0.05, 0) is 68.3 Å². The summed E-state index contributed by atoms with van der Waals surface area (Å²) in [5, 5.41) is 0. The molecule has 2 saturated heterocycles. The van der Waals surface area contributed by atoms with Crippen LogP contribution in [0.4, 0.5) is 0 Å². The molecule has 2 atom stereocenters. The van der Waals surface area contributed by atoms with E-state index in [9.17, 15) is 4.79 Å². The molecule has 154 valence electrons. The van der Waals surface area contributed by atoms with Crippen LogP contribution in [-0.2, 0) is 4.79 Å². The smallest absolute Gasteiger partial charge is 0.225 e. The number of likely N-dealkylation sites (tertiary alicyclic amines) is 2. The van der Waals surface area contributed by atoms with E-state index in [1.165, 1.54) is 44.3 Å². The molecule has 1 aliphatic carbocycles. The lowest BCUT2D eigenvalue weighted by Gasteiger charge is -2.33. The summed E-state index contributed by atoms with van der Waals surface area (Å²) < 4.78 is 5.34. The summed E-state index contributed by atoms with van der Waals surface area (Å²) in [6, 6.07) is 8.55. The van der Waals surface area contributed by atoms with Crippen LogP contribution in [0, 0.1) is 17.8 Å². The Labute approximate surface area is 170 Å². The summed E-state index contributed by atoms with van der Waals surface area (Å²) in [6.45, 7) is 7.73. The van der Waals surface area contributed by atoms with E-state index in [1.54, 1.807) is 7.11 Å². The number of carbonyl (C=O) groups is 1. The second kappa shape index (κ2) is 8.86. The predicted octanol–water partition coefficient (Wildman–Crippen LogP) is 4.16. The van der Waals surface area contributed by atoms with E-state index in [4.69, 9.17) is 4.74 Å². The predicted molar refractivity (Wildman–Crippen MR) is 113 cm³/mol. The molecule has 28 heavy (non-hydrogen) atoms. The van der Waals surface area contributed by atoms with Gasteiger partial charge in [-0.1, -0.05) is 31.9 Å². The molecule has 0 bridgehead atoms. The van der Waals surface area contributed by atoms with Crippen molar-refractivity contribution in [2.75, 3.05) is 39.8 Å². The van der Waals surface area contributed by atoms with E-state index < -0.39 is 0 Å². The van der Waals surface area contributed by atoms with Gasteiger partial charge in [0, 0.05) is 31.5 Å². The Hall–Kier alpha value is -1.55. The van der Waals surface area contributed by atoms with Crippen LogP contribution in [0.3, 0.4) is 0 Å². The number of piperidine rings is 1. The lowest BCUT2D eigenvalue weighted by Crippen LogP contribution is -2.39. The van der Waals surface area contributed by atoms with Gasteiger partial charge in [-0.15, -0.1) is 0 Å². The van der Waals surface area contributed by atoms with Gasteiger partial charge in [-0.2, -0.15) is 0 Å². The SMILES string of the molecule is COc1ccc([C@H]2CN(C(=O)C3CCCC3)C[C@@H]2CN2CCC(C)CC2)cc1. The van der Waals surface area contributed by atoms with Crippen molar-refractivity contribution in [2.24, 2.45) is 17.8 Å². The molecule has 3 aliphatic rings. The summed E-state index contributed by atoms with van der Waals surface area (Å²) in [5.74, 6) is 3.44. The molecule has 4 nitrogen and oxygen atoms in total. The van der Waals surface area contributed by atoms with E-state index in [1.807, 2.05) is 0 Å². The minimum atomic E-state index is 0.283. The summed E-state index contributed by atoms with van der Waals surface area (Å²) in [4.78, 5) is 17.9. The molecule has 4 rings (SSSR count). The van der Waals surface area contributed by atoms with Gasteiger partial charge in [-0.25, -0.2) is 0 Å². The van der Waals surface area contributed by atoms with Crippen molar-refractivity contribution in [3.8, 4) is 5.75 Å². The minimum Gasteiger partial charge on any atom is -0.497 e. The van der Waals surface area contributed by atoms with Crippen LogP contribution in [0.2, 0.25) is 0 Å². The highest BCUT2D eigenvalue weighted by Gasteiger charge is 2.39. The second-order valence-corrected chi connectivity index (χ2v) is 9.35. The van der Waals surface area contributed by atoms with Crippen LogP contribution < -0.4 is 4.74 Å². The number of hydrogen-bond donors (Lipinski definition) is 0. The summed E-state index contributed by atoms with van der Waals surface area (Å²) in [7, 11) is 1.72. The summed E-state index contributed by atoms with van der Waals surface area (Å²) >= 11 is 0. The molecule has 0 spiro atoms. The minimum absolute atomic E-state index is 0.283. The van der Waals surface area contributed by atoms with Crippen LogP contribution >= 0.6 is 0 Å². The van der Waals surface area contributed by atoms with Gasteiger partial charge in [0.05, 0.1) is 7.11 Å². The number of methoxy groups -OCH3 is 1. The van der Waals surface area contributed by atoms with Gasteiger partial charge < -0.3 is 14.5 Å². The van der Waals surface area contributed by atoms with Gasteiger partial charge in [0.25, 0.3) is 0 Å². The molecule has 0 N–H and O–H groups in total. The maximum Gasteiger partial charge on any atom is 0.225 e. The molecule has 2 heterocycles. The number of nitrogens with zero attached hydrogens (tertiary/aromatic N) is 2. The molecule has 1 saturated carbocycles. The molecular formula is C24H36N2O2. The maximum atomic E-state index is 13.1. The van der Waals surface area contributed by atoms with Crippen LogP contribution in [0.5, 0.6) is 5.75 Å². The molecular weight excluding hydrogens is 348 g/mol. The first-order chi connectivity index (χ1) is 13.6. The fraction of sp³-hybridized carbons (Fsp3) is 0.708. The van der Waals surface area contributed by atoms with E-state index in [0.29, 0.717) is 17.7 Å². The largest absolute Gasteiger partial charge is 0.497 e. The standard InChI is InChI=1S/C24H36N2O2/c1-18-11-13-25(14-12-18)15-21-16-26(24(27)20-5-3-4-6-20)17-23(21)19-7-9-22(28-2)10-8-19/h7-10,18,20-21,23H,3-6,11-17H2,1-2H3/t21-,23+/m0/s1. The van der Waals surface area contributed by atoms with Crippen LogP contribution in [0.15, 0.2) is 24.3 Å². The van der Waals surface area contributed by atoms with Gasteiger partial charge >= 0.3 is 0 Å². The Morgan fingerprint density at radius 3 is 2.36 bits per heavy atom. The quantitative estimate of drug-likeness (QED) is 0.764. The van der Waals surface area contributed by atoms with Crippen molar-refractivity contribution in [3.63, 3.8) is 0 Å². The zero-order chi connectivity index (χ0) is 19.5. The average Bonchev–Trinajstić information content (AvgIpc) is 3.40. The Kier molecular flexibility index (Phi) is 6.25. The van der Waals surface area contributed by atoms with Gasteiger partial charge in [0.1, 0.15) is 5.75 Å². The lowest BCUT2D eigenvalue weighted by atomic mass is 9.87. The molecule has 0 radical (unpaired) electrons. The first kappa shape index (κ1) is 19.8. The number of hydrogen-bond acceptors (Lipinski definition) is 3. The van der Waals surface area contributed by atoms with E-state index in [-0.39, 0.29) is 5.92 Å². The van der Waals surface area contributed by atoms with Gasteiger partial charge in [0.15, 0.2) is 0 Å². The number of benzene rings is 1. The fourth-order valence-corrected chi connectivity index (χ4v) is 5.47. The van der Waals surface area contributed by atoms with Crippen molar-refractivity contribution in [1.82, 2.24) is 9.80 Å². The highest BCUT2D eigenvalue weighted by Crippen LogP contribution is 2.37. The molecule has 1 amide bonds. The molecule has 2 aliphatic heterocycles. The highest BCUT2D eigenvalue weighted by molar-refractivity contribution is 5.79. The maximum absolute atomic E-state index is 13.1. The first-order valence-corrected chi connectivity index (χ1v) is 11.3. The molecule has 0 unspecified atom stereocenters. The number of amides is 1. The van der Waals surface area contributed by atoms with Gasteiger partial charge in [0.2, 0.25) is 5.91 Å². The van der Waals surface area contributed by atoms with Crippen molar-refractivity contribution in [1.29, 1.82) is 0 Å². The number of rotatable bonds is 5. The fourth-order valence-electron chi connectivity index (χ4n) is 5.47. The Bertz CT molecular complexity index is 645. The normalized spacial score (nSPS) is 27.4. The monoisotopic (exact) mass is 384 g/mol. The molecule has 4 heteroatoms.